The summed E-state index contributed by atoms with van der Waals surface area (Å²) in [6.45, 7) is 4.54. The quantitative estimate of drug-likeness (QED) is 0.643. The molecule has 1 aliphatic rings. The molecule has 0 saturated heterocycles. The van der Waals surface area contributed by atoms with Gasteiger partial charge in [0, 0.05) is 19.6 Å². The molecule has 1 atom stereocenters. The number of aromatic nitrogens is 2. The van der Waals surface area contributed by atoms with Crippen molar-refractivity contribution in [2.75, 3.05) is 19.6 Å². The molecule has 0 bridgehead atoms. The molecule has 7 nitrogen and oxygen atoms in total. The normalized spacial score (nSPS) is 16.5. The highest BCUT2D eigenvalue weighted by atomic mass is 16.6. The van der Waals surface area contributed by atoms with Gasteiger partial charge >= 0.3 is 5.69 Å². The van der Waals surface area contributed by atoms with Gasteiger partial charge in [-0.25, -0.2) is 0 Å². The van der Waals surface area contributed by atoms with Crippen molar-refractivity contribution in [1.82, 2.24) is 14.7 Å². The van der Waals surface area contributed by atoms with Gasteiger partial charge in [-0.1, -0.05) is 35.9 Å². The smallest absolute Gasteiger partial charge is 0.306 e. The Balaban J connectivity index is 1.53. The molecule has 0 aliphatic carbocycles. The molecule has 0 amide bonds. The minimum Gasteiger partial charge on any atom is -0.390 e. The lowest BCUT2D eigenvalue weighted by molar-refractivity contribution is -0.385. The summed E-state index contributed by atoms with van der Waals surface area (Å²) in [5, 5.41) is 24.8. The van der Waals surface area contributed by atoms with E-state index in [2.05, 4.69) is 47.3 Å². The van der Waals surface area contributed by atoms with Gasteiger partial charge in [0.1, 0.15) is 12.4 Å². The van der Waals surface area contributed by atoms with E-state index in [-0.39, 0.29) is 12.2 Å². The summed E-state index contributed by atoms with van der Waals surface area (Å²) in [6.07, 6.45) is 5.08. The van der Waals surface area contributed by atoms with Crippen LogP contribution in [-0.4, -0.2) is 50.4 Å². The van der Waals surface area contributed by atoms with E-state index < -0.39 is 11.0 Å². The van der Waals surface area contributed by atoms with E-state index in [4.69, 9.17) is 0 Å². The maximum atomic E-state index is 10.7. The fourth-order valence-corrected chi connectivity index (χ4v) is 3.10. The molecule has 2 heterocycles. The van der Waals surface area contributed by atoms with Crippen molar-refractivity contribution in [2.24, 2.45) is 0 Å². The predicted octanol–water partition coefficient (Wildman–Crippen LogP) is 2.25. The summed E-state index contributed by atoms with van der Waals surface area (Å²) in [5.74, 6) is 0. The van der Waals surface area contributed by atoms with Crippen LogP contribution in [0.1, 0.15) is 17.5 Å². The fourth-order valence-electron chi connectivity index (χ4n) is 3.10. The molecule has 1 unspecified atom stereocenters. The Morgan fingerprint density at radius 3 is 2.88 bits per heavy atom. The van der Waals surface area contributed by atoms with Crippen LogP contribution in [-0.2, 0) is 6.54 Å². The third-order valence-corrected chi connectivity index (χ3v) is 4.38. The van der Waals surface area contributed by atoms with E-state index in [1.165, 1.54) is 33.8 Å². The van der Waals surface area contributed by atoms with Crippen molar-refractivity contribution in [3.8, 4) is 0 Å². The van der Waals surface area contributed by atoms with Gasteiger partial charge in [-0.2, -0.15) is 5.10 Å². The Bertz CT molecular complexity index is 784. The minimum atomic E-state index is -0.617. The Morgan fingerprint density at radius 2 is 2.24 bits per heavy atom. The Hall–Kier alpha value is -2.51. The van der Waals surface area contributed by atoms with Crippen LogP contribution in [0.5, 0.6) is 0 Å². The van der Waals surface area contributed by atoms with Gasteiger partial charge in [0.15, 0.2) is 0 Å². The first-order chi connectivity index (χ1) is 12.0. The van der Waals surface area contributed by atoms with Crippen LogP contribution in [0, 0.1) is 17.0 Å². The predicted molar refractivity (Wildman–Crippen MR) is 95.1 cm³/mol. The standard InChI is InChI=1S/C18H22N4O3/c1-14-3-2-4-16(9-14)15-5-7-20(8-6-15)12-18(23)13-21-11-17(10-19-21)22(24)25/h2-5,9-11,18,23H,6-8,12-13H2,1H3. The van der Waals surface area contributed by atoms with Crippen LogP contribution in [0.15, 0.2) is 42.7 Å². The molecule has 0 spiro atoms. The fraction of sp³-hybridized carbons (Fsp3) is 0.389. The van der Waals surface area contributed by atoms with Gasteiger partial charge in [0.25, 0.3) is 0 Å². The van der Waals surface area contributed by atoms with E-state index in [1.54, 1.807) is 0 Å². The Labute approximate surface area is 146 Å². The molecule has 25 heavy (non-hydrogen) atoms. The summed E-state index contributed by atoms with van der Waals surface area (Å²) in [6, 6.07) is 8.50. The van der Waals surface area contributed by atoms with Crippen LogP contribution in [0.25, 0.3) is 5.57 Å². The second kappa shape index (κ2) is 7.58. The van der Waals surface area contributed by atoms with Crippen molar-refractivity contribution in [1.29, 1.82) is 0 Å². The molecule has 1 aliphatic heterocycles. The summed E-state index contributed by atoms with van der Waals surface area (Å²) in [5.41, 5.74) is 3.81. The first-order valence-electron chi connectivity index (χ1n) is 8.34. The third-order valence-electron chi connectivity index (χ3n) is 4.38. The number of aryl methyl sites for hydroxylation is 1. The zero-order valence-corrected chi connectivity index (χ0v) is 14.2. The molecule has 0 radical (unpaired) electrons. The van der Waals surface area contributed by atoms with Gasteiger partial charge in [0.2, 0.25) is 0 Å². The highest BCUT2D eigenvalue weighted by molar-refractivity contribution is 5.67. The largest absolute Gasteiger partial charge is 0.390 e. The van der Waals surface area contributed by atoms with E-state index in [9.17, 15) is 15.2 Å². The van der Waals surface area contributed by atoms with Crippen LogP contribution in [0.2, 0.25) is 0 Å². The topological polar surface area (TPSA) is 84.4 Å². The molecular weight excluding hydrogens is 320 g/mol. The first-order valence-corrected chi connectivity index (χ1v) is 8.34. The van der Waals surface area contributed by atoms with Gasteiger partial charge < -0.3 is 5.11 Å². The van der Waals surface area contributed by atoms with E-state index in [0.717, 1.165) is 19.5 Å². The number of aliphatic hydroxyl groups is 1. The average molecular weight is 342 g/mol. The number of hydrogen-bond donors (Lipinski definition) is 1. The van der Waals surface area contributed by atoms with Gasteiger partial charge in [-0.3, -0.25) is 19.7 Å². The average Bonchev–Trinajstić information content (AvgIpc) is 3.04. The lowest BCUT2D eigenvalue weighted by Gasteiger charge is -2.28. The molecule has 1 N–H and O–H groups in total. The molecule has 3 rings (SSSR count). The molecule has 0 fully saturated rings. The summed E-state index contributed by atoms with van der Waals surface area (Å²) < 4.78 is 1.42. The number of nitro groups is 1. The zero-order chi connectivity index (χ0) is 17.8. The lowest BCUT2D eigenvalue weighted by atomic mass is 9.98. The number of β-amino-alcohol motifs (C(OH)–C–C–N with tert-alkyl or cyclic N) is 1. The zero-order valence-electron chi connectivity index (χ0n) is 14.2. The third kappa shape index (κ3) is 4.52. The molecule has 7 heteroatoms. The highest BCUT2D eigenvalue weighted by Gasteiger charge is 2.18. The van der Waals surface area contributed by atoms with Crippen LogP contribution in [0.3, 0.4) is 0 Å². The molecular formula is C18H22N4O3. The van der Waals surface area contributed by atoms with Gasteiger partial charge in [-0.15, -0.1) is 0 Å². The van der Waals surface area contributed by atoms with Crippen LogP contribution >= 0.6 is 0 Å². The van der Waals surface area contributed by atoms with Crippen LogP contribution < -0.4 is 0 Å². The van der Waals surface area contributed by atoms with Crippen molar-refractivity contribution in [2.45, 2.75) is 26.0 Å². The maximum Gasteiger partial charge on any atom is 0.306 e. The molecule has 132 valence electrons. The van der Waals surface area contributed by atoms with Gasteiger partial charge in [-0.05, 0) is 24.5 Å². The Kier molecular flexibility index (Phi) is 5.25. The molecule has 1 aromatic carbocycles. The van der Waals surface area contributed by atoms with Crippen LogP contribution in [0.4, 0.5) is 5.69 Å². The summed E-state index contributed by atoms with van der Waals surface area (Å²) in [7, 11) is 0. The second-order valence-electron chi connectivity index (χ2n) is 6.44. The van der Waals surface area contributed by atoms with Crippen molar-refractivity contribution < 1.29 is 10.0 Å². The lowest BCUT2D eigenvalue weighted by Crippen LogP contribution is -2.37. The monoisotopic (exact) mass is 342 g/mol. The van der Waals surface area contributed by atoms with E-state index in [1.807, 2.05) is 0 Å². The SMILES string of the molecule is Cc1cccc(C2=CCN(CC(O)Cn3cc([N+](=O)[O-])cn3)CC2)c1. The molecule has 2 aromatic rings. The van der Waals surface area contributed by atoms with Gasteiger partial charge in [0.05, 0.1) is 17.6 Å². The second-order valence-corrected chi connectivity index (χ2v) is 6.44. The molecule has 0 saturated carbocycles. The summed E-state index contributed by atoms with van der Waals surface area (Å²) in [4.78, 5) is 12.4. The Morgan fingerprint density at radius 1 is 1.40 bits per heavy atom. The molecule has 1 aromatic heterocycles. The van der Waals surface area contributed by atoms with Crippen molar-refractivity contribution >= 4 is 11.3 Å². The maximum absolute atomic E-state index is 10.7. The first kappa shape index (κ1) is 17.3. The van der Waals surface area contributed by atoms with Crippen molar-refractivity contribution in [3.05, 3.63) is 64.0 Å². The van der Waals surface area contributed by atoms with E-state index in [0.29, 0.717) is 6.54 Å². The number of benzene rings is 1. The van der Waals surface area contributed by atoms with E-state index >= 15 is 0 Å². The minimum absolute atomic E-state index is 0.0593. The highest BCUT2D eigenvalue weighted by Crippen LogP contribution is 2.23. The van der Waals surface area contributed by atoms with Crippen molar-refractivity contribution in [3.63, 3.8) is 0 Å². The summed E-state index contributed by atoms with van der Waals surface area (Å²) >= 11 is 0. The number of rotatable bonds is 6. The number of hydrogen-bond acceptors (Lipinski definition) is 5. The number of nitrogens with zero attached hydrogens (tertiary/aromatic N) is 4. The number of aliphatic hydroxyl groups excluding tert-OH is 1.